The van der Waals surface area contributed by atoms with E-state index in [1.54, 1.807) is 11.8 Å². The number of thioether (sulfide) groups is 1. The summed E-state index contributed by atoms with van der Waals surface area (Å²) in [6, 6.07) is 13.4. The fraction of sp³-hybridized carbons (Fsp3) is 0.375. The van der Waals surface area contributed by atoms with E-state index in [0.717, 1.165) is 11.3 Å². The minimum absolute atomic E-state index is 0.246. The molecule has 0 bridgehead atoms. The Morgan fingerprint density at radius 2 is 1.88 bits per heavy atom. The van der Waals surface area contributed by atoms with Crippen molar-refractivity contribution in [2.75, 3.05) is 23.9 Å². The molecular formula is C24H24FN3O3S. The SMILES string of the molecule is CSCC[C@H]1N[C@@]2(C(=O)Nc3ccc(F)cc32)[C@@H]2C(=O)N(CCc3ccccc3)C(=O)[C@@H]21. The summed E-state index contributed by atoms with van der Waals surface area (Å²) in [4.78, 5) is 41.7. The van der Waals surface area contributed by atoms with Crippen molar-refractivity contribution in [3.05, 3.63) is 65.5 Å². The van der Waals surface area contributed by atoms with Crippen molar-refractivity contribution in [3.63, 3.8) is 0 Å². The van der Waals surface area contributed by atoms with E-state index in [1.165, 1.54) is 23.1 Å². The van der Waals surface area contributed by atoms with Gasteiger partial charge in [-0.25, -0.2) is 4.39 Å². The molecule has 3 aliphatic heterocycles. The van der Waals surface area contributed by atoms with E-state index < -0.39 is 29.1 Å². The van der Waals surface area contributed by atoms with Gasteiger partial charge in [0.2, 0.25) is 17.7 Å². The van der Waals surface area contributed by atoms with Crippen LogP contribution in [0.5, 0.6) is 0 Å². The van der Waals surface area contributed by atoms with Crippen molar-refractivity contribution in [3.8, 4) is 0 Å². The summed E-state index contributed by atoms with van der Waals surface area (Å²) in [5.41, 5.74) is 0.494. The van der Waals surface area contributed by atoms with Crippen LogP contribution < -0.4 is 10.6 Å². The average Bonchev–Trinajstić information content (AvgIpc) is 3.37. The highest BCUT2D eigenvalue weighted by Gasteiger charge is 2.70. The topological polar surface area (TPSA) is 78.5 Å². The normalized spacial score (nSPS) is 28.4. The van der Waals surface area contributed by atoms with Crippen LogP contribution in [0.15, 0.2) is 48.5 Å². The van der Waals surface area contributed by atoms with Gasteiger partial charge in [0, 0.05) is 23.8 Å². The zero-order chi connectivity index (χ0) is 22.5. The van der Waals surface area contributed by atoms with Crippen molar-refractivity contribution < 1.29 is 18.8 Å². The van der Waals surface area contributed by atoms with E-state index in [9.17, 15) is 18.8 Å². The number of amides is 3. The van der Waals surface area contributed by atoms with E-state index in [1.807, 2.05) is 36.6 Å². The molecule has 2 N–H and O–H groups in total. The number of likely N-dealkylation sites (tertiary alicyclic amines) is 1. The molecule has 5 rings (SSSR count). The minimum Gasteiger partial charge on any atom is -0.324 e. The van der Waals surface area contributed by atoms with Crippen LogP contribution in [-0.4, -0.2) is 47.2 Å². The molecule has 3 amide bonds. The summed E-state index contributed by atoms with van der Waals surface area (Å²) in [6.07, 6.45) is 3.15. The number of hydrogen-bond acceptors (Lipinski definition) is 5. The van der Waals surface area contributed by atoms with Gasteiger partial charge in [-0.2, -0.15) is 11.8 Å². The number of imide groups is 1. The van der Waals surface area contributed by atoms with Gasteiger partial charge >= 0.3 is 0 Å². The van der Waals surface area contributed by atoms with Gasteiger partial charge in [0.25, 0.3) is 0 Å². The third-order valence-electron chi connectivity index (χ3n) is 6.87. The quantitative estimate of drug-likeness (QED) is 0.658. The van der Waals surface area contributed by atoms with Crippen molar-refractivity contribution in [1.29, 1.82) is 0 Å². The van der Waals surface area contributed by atoms with Crippen molar-refractivity contribution in [1.82, 2.24) is 10.2 Å². The molecule has 2 saturated heterocycles. The van der Waals surface area contributed by atoms with Crippen LogP contribution in [0.2, 0.25) is 0 Å². The Labute approximate surface area is 189 Å². The van der Waals surface area contributed by atoms with E-state index in [-0.39, 0.29) is 24.4 Å². The first-order valence-electron chi connectivity index (χ1n) is 10.7. The molecule has 166 valence electrons. The zero-order valence-corrected chi connectivity index (χ0v) is 18.5. The summed E-state index contributed by atoms with van der Waals surface area (Å²) in [5.74, 6) is -2.24. The van der Waals surface area contributed by atoms with Gasteiger partial charge in [-0.3, -0.25) is 24.6 Å². The molecule has 2 fully saturated rings. The third-order valence-corrected chi connectivity index (χ3v) is 7.51. The zero-order valence-electron chi connectivity index (χ0n) is 17.6. The maximum atomic E-state index is 14.2. The summed E-state index contributed by atoms with van der Waals surface area (Å²) in [6.45, 7) is 0.262. The highest BCUT2D eigenvalue weighted by Crippen LogP contribution is 2.53. The Balaban J connectivity index is 1.53. The van der Waals surface area contributed by atoms with Crippen LogP contribution in [-0.2, 0) is 26.3 Å². The Kier molecular flexibility index (Phi) is 5.29. The largest absolute Gasteiger partial charge is 0.324 e. The highest BCUT2D eigenvalue weighted by molar-refractivity contribution is 7.98. The van der Waals surface area contributed by atoms with Gasteiger partial charge in [0.1, 0.15) is 11.4 Å². The maximum absolute atomic E-state index is 14.2. The fourth-order valence-electron chi connectivity index (χ4n) is 5.43. The molecule has 1 spiro atoms. The molecule has 2 aromatic rings. The van der Waals surface area contributed by atoms with E-state index in [0.29, 0.717) is 24.1 Å². The molecule has 32 heavy (non-hydrogen) atoms. The van der Waals surface area contributed by atoms with Gasteiger partial charge in [-0.1, -0.05) is 30.3 Å². The van der Waals surface area contributed by atoms with E-state index in [2.05, 4.69) is 10.6 Å². The van der Waals surface area contributed by atoms with Crippen molar-refractivity contribution in [2.24, 2.45) is 11.8 Å². The average molecular weight is 454 g/mol. The number of nitrogens with zero attached hydrogens (tertiary/aromatic N) is 1. The van der Waals surface area contributed by atoms with Gasteiger partial charge in [0.05, 0.1) is 11.8 Å². The summed E-state index contributed by atoms with van der Waals surface area (Å²) < 4.78 is 14.2. The smallest absolute Gasteiger partial charge is 0.250 e. The Bertz CT molecular complexity index is 1100. The molecule has 3 aliphatic rings. The Morgan fingerprint density at radius 1 is 1.09 bits per heavy atom. The van der Waals surface area contributed by atoms with E-state index >= 15 is 0 Å². The second-order valence-corrected chi connectivity index (χ2v) is 9.54. The molecule has 0 aromatic heterocycles. The standard InChI is InChI=1S/C24H24FN3O3S/c1-32-12-10-18-19-20(22(30)28(21(19)29)11-9-14-5-3-2-4-6-14)24(27-18)16-13-15(25)7-8-17(16)26-23(24)31/h2-8,13,18-20,27H,9-12H2,1H3,(H,26,31)/t18-,19-,20+,24-/m1/s1. The molecule has 2 aromatic carbocycles. The predicted octanol–water partition coefficient (Wildman–Crippen LogP) is 2.54. The molecule has 6 nitrogen and oxygen atoms in total. The van der Waals surface area contributed by atoms with Crippen LogP contribution in [0.4, 0.5) is 10.1 Å². The molecule has 0 unspecified atom stereocenters. The molecule has 3 heterocycles. The molecule has 0 aliphatic carbocycles. The Hall–Kier alpha value is -2.71. The molecule has 0 saturated carbocycles. The molecule has 4 atom stereocenters. The molecule has 8 heteroatoms. The monoisotopic (exact) mass is 453 g/mol. The summed E-state index contributed by atoms with van der Waals surface area (Å²) >= 11 is 1.64. The van der Waals surface area contributed by atoms with E-state index in [4.69, 9.17) is 0 Å². The minimum atomic E-state index is -1.43. The number of halogens is 1. The Morgan fingerprint density at radius 3 is 2.62 bits per heavy atom. The number of anilines is 1. The number of rotatable bonds is 6. The lowest BCUT2D eigenvalue weighted by molar-refractivity contribution is -0.142. The number of fused-ring (bicyclic) bond motifs is 4. The highest BCUT2D eigenvalue weighted by atomic mass is 32.2. The summed E-state index contributed by atoms with van der Waals surface area (Å²) in [5, 5.41) is 6.13. The molecule has 0 radical (unpaired) electrons. The number of hydrogen-bond donors (Lipinski definition) is 2. The number of carbonyl (C=O) groups is 3. The van der Waals surface area contributed by atoms with Crippen LogP contribution in [0.3, 0.4) is 0 Å². The number of carbonyl (C=O) groups excluding carboxylic acids is 3. The molecular weight excluding hydrogens is 429 g/mol. The van der Waals surface area contributed by atoms with Crippen LogP contribution in [0.25, 0.3) is 0 Å². The maximum Gasteiger partial charge on any atom is 0.250 e. The second kappa shape index (κ2) is 8.01. The predicted molar refractivity (Wildman–Crippen MR) is 120 cm³/mol. The van der Waals surface area contributed by atoms with Crippen LogP contribution in [0.1, 0.15) is 17.5 Å². The van der Waals surface area contributed by atoms with Crippen LogP contribution >= 0.6 is 11.8 Å². The van der Waals surface area contributed by atoms with Crippen molar-refractivity contribution in [2.45, 2.75) is 24.4 Å². The van der Waals surface area contributed by atoms with Gasteiger partial charge in [-0.15, -0.1) is 0 Å². The van der Waals surface area contributed by atoms with Gasteiger partial charge in [-0.05, 0) is 48.6 Å². The van der Waals surface area contributed by atoms with Gasteiger partial charge in [0.15, 0.2) is 0 Å². The number of benzene rings is 2. The lowest BCUT2D eigenvalue weighted by Crippen LogP contribution is -2.53. The van der Waals surface area contributed by atoms with Crippen molar-refractivity contribution >= 4 is 35.2 Å². The first-order chi connectivity index (χ1) is 15.5. The lowest BCUT2D eigenvalue weighted by Gasteiger charge is -2.29. The number of nitrogens with one attached hydrogen (secondary N) is 2. The van der Waals surface area contributed by atoms with Crippen LogP contribution in [0, 0.1) is 17.7 Å². The first kappa shape index (κ1) is 21.2. The van der Waals surface area contributed by atoms with Gasteiger partial charge < -0.3 is 5.32 Å². The fourth-order valence-corrected chi connectivity index (χ4v) is 5.92. The third kappa shape index (κ3) is 3.08. The lowest BCUT2D eigenvalue weighted by atomic mass is 9.76. The summed E-state index contributed by atoms with van der Waals surface area (Å²) in [7, 11) is 0. The first-order valence-corrected chi connectivity index (χ1v) is 12.1. The second-order valence-electron chi connectivity index (χ2n) is 8.55.